The molecule has 2 nitrogen and oxygen atoms in total. The van der Waals surface area contributed by atoms with Crippen molar-refractivity contribution < 1.29 is 0 Å². The van der Waals surface area contributed by atoms with E-state index in [1.54, 1.807) is 22.7 Å². The smallest absolute Gasteiger partial charge is 0.110 e. The van der Waals surface area contributed by atoms with E-state index < -0.39 is 0 Å². The molecule has 2 heterocycles. The number of nitrogens with zero attached hydrogens (tertiary/aromatic N) is 1. The molecule has 0 spiro atoms. The molecule has 0 saturated heterocycles. The molecule has 2 rings (SSSR count). The highest BCUT2D eigenvalue weighted by atomic mass is 79.9. The summed E-state index contributed by atoms with van der Waals surface area (Å²) in [4.78, 5) is 5.66. The van der Waals surface area contributed by atoms with Gasteiger partial charge in [0.15, 0.2) is 0 Å². The maximum absolute atomic E-state index is 5.75. The summed E-state index contributed by atoms with van der Waals surface area (Å²) in [6.45, 7) is 1.95. The van der Waals surface area contributed by atoms with Crippen molar-refractivity contribution in [3.05, 3.63) is 26.3 Å². The molecule has 0 saturated carbocycles. The first-order chi connectivity index (χ1) is 6.66. The Morgan fingerprint density at radius 1 is 1.43 bits per heavy atom. The summed E-state index contributed by atoms with van der Waals surface area (Å²) in [6.07, 6.45) is 0. The van der Waals surface area contributed by atoms with Crippen molar-refractivity contribution in [1.29, 1.82) is 0 Å². The quantitative estimate of drug-likeness (QED) is 0.916. The standard InChI is InChI=1S/C9H9BrN2S2/c1-5(11)9-12-7(4-14-9)8-2-6(10)3-13-8/h2-5H,11H2,1H3. The Morgan fingerprint density at radius 2 is 2.21 bits per heavy atom. The van der Waals surface area contributed by atoms with E-state index in [9.17, 15) is 0 Å². The Bertz CT molecular complexity index is 433. The number of nitrogens with two attached hydrogens (primary N) is 1. The molecular formula is C9H9BrN2S2. The molecule has 0 aliphatic carbocycles. The molecule has 0 bridgehead atoms. The van der Waals surface area contributed by atoms with Gasteiger partial charge in [0.2, 0.25) is 0 Å². The molecule has 0 fully saturated rings. The molecule has 2 aromatic rings. The average Bonchev–Trinajstić information content (AvgIpc) is 2.70. The van der Waals surface area contributed by atoms with E-state index in [4.69, 9.17) is 5.73 Å². The van der Waals surface area contributed by atoms with Crippen LogP contribution in [0.4, 0.5) is 0 Å². The van der Waals surface area contributed by atoms with Crippen molar-refractivity contribution in [1.82, 2.24) is 4.98 Å². The Labute approximate surface area is 98.9 Å². The largest absolute Gasteiger partial charge is 0.322 e. The van der Waals surface area contributed by atoms with Crippen LogP contribution in [0, 0.1) is 0 Å². The van der Waals surface area contributed by atoms with Gasteiger partial charge in [-0.15, -0.1) is 22.7 Å². The SMILES string of the molecule is CC(N)c1nc(-c2cc(Br)cs2)cs1. The summed E-state index contributed by atoms with van der Waals surface area (Å²) >= 11 is 6.73. The number of aromatic nitrogens is 1. The first-order valence-electron chi connectivity index (χ1n) is 4.12. The maximum atomic E-state index is 5.75. The molecule has 1 unspecified atom stereocenters. The number of thiazole rings is 1. The van der Waals surface area contributed by atoms with Crippen molar-refractivity contribution in [3.63, 3.8) is 0 Å². The van der Waals surface area contributed by atoms with E-state index in [0.717, 1.165) is 15.2 Å². The molecule has 0 aliphatic heterocycles. The van der Waals surface area contributed by atoms with Gasteiger partial charge in [-0.3, -0.25) is 0 Å². The first-order valence-corrected chi connectivity index (χ1v) is 6.67. The van der Waals surface area contributed by atoms with Crippen molar-refractivity contribution >= 4 is 38.6 Å². The molecule has 14 heavy (non-hydrogen) atoms. The lowest BCUT2D eigenvalue weighted by Gasteiger charge is -1.96. The van der Waals surface area contributed by atoms with Gasteiger partial charge >= 0.3 is 0 Å². The predicted octanol–water partition coefficient (Wildman–Crippen LogP) is 3.65. The van der Waals surface area contributed by atoms with Crippen LogP contribution in [-0.4, -0.2) is 4.98 Å². The normalized spacial score (nSPS) is 13.1. The highest BCUT2D eigenvalue weighted by molar-refractivity contribution is 9.10. The van der Waals surface area contributed by atoms with Crippen molar-refractivity contribution in [2.45, 2.75) is 13.0 Å². The minimum Gasteiger partial charge on any atom is -0.322 e. The Balaban J connectivity index is 2.33. The summed E-state index contributed by atoms with van der Waals surface area (Å²) in [5.74, 6) is 0. The topological polar surface area (TPSA) is 38.9 Å². The van der Waals surface area contributed by atoms with Crippen LogP contribution in [0.2, 0.25) is 0 Å². The van der Waals surface area contributed by atoms with E-state index in [1.165, 1.54) is 4.88 Å². The van der Waals surface area contributed by atoms with E-state index in [0.29, 0.717) is 0 Å². The fourth-order valence-electron chi connectivity index (χ4n) is 1.06. The number of hydrogen-bond acceptors (Lipinski definition) is 4. The molecule has 0 aliphatic rings. The van der Waals surface area contributed by atoms with E-state index in [-0.39, 0.29) is 6.04 Å². The van der Waals surface area contributed by atoms with Gasteiger partial charge in [-0.2, -0.15) is 0 Å². The number of rotatable bonds is 2. The zero-order chi connectivity index (χ0) is 10.1. The maximum Gasteiger partial charge on any atom is 0.110 e. The molecule has 0 amide bonds. The van der Waals surface area contributed by atoms with Crippen LogP contribution in [0.5, 0.6) is 0 Å². The molecule has 2 aromatic heterocycles. The van der Waals surface area contributed by atoms with Gasteiger partial charge in [-0.1, -0.05) is 0 Å². The van der Waals surface area contributed by atoms with Crippen LogP contribution in [0.3, 0.4) is 0 Å². The molecule has 5 heteroatoms. The zero-order valence-electron chi connectivity index (χ0n) is 7.53. The van der Waals surface area contributed by atoms with Gasteiger partial charge in [-0.05, 0) is 28.9 Å². The van der Waals surface area contributed by atoms with E-state index in [1.807, 2.05) is 6.92 Å². The molecule has 74 valence electrons. The van der Waals surface area contributed by atoms with Gasteiger partial charge < -0.3 is 5.73 Å². The van der Waals surface area contributed by atoms with Crippen molar-refractivity contribution in [3.8, 4) is 10.6 Å². The third-order valence-electron chi connectivity index (χ3n) is 1.73. The minimum absolute atomic E-state index is 0.0251. The van der Waals surface area contributed by atoms with Crippen LogP contribution in [0.1, 0.15) is 18.0 Å². The molecule has 2 N–H and O–H groups in total. The summed E-state index contributed by atoms with van der Waals surface area (Å²) in [5, 5.41) is 5.10. The lowest BCUT2D eigenvalue weighted by Crippen LogP contribution is -2.03. The van der Waals surface area contributed by atoms with Crippen LogP contribution in [0.15, 0.2) is 21.3 Å². The van der Waals surface area contributed by atoms with Gasteiger partial charge in [0.1, 0.15) is 5.01 Å². The van der Waals surface area contributed by atoms with Crippen LogP contribution >= 0.6 is 38.6 Å². The Morgan fingerprint density at radius 3 is 2.71 bits per heavy atom. The van der Waals surface area contributed by atoms with Gasteiger partial charge in [0, 0.05) is 15.2 Å². The average molecular weight is 289 g/mol. The van der Waals surface area contributed by atoms with Gasteiger partial charge in [0.25, 0.3) is 0 Å². The monoisotopic (exact) mass is 288 g/mol. The van der Waals surface area contributed by atoms with E-state index in [2.05, 4.69) is 37.7 Å². The summed E-state index contributed by atoms with van der Waals surface area (Å²) in [5.41, 5.74) is 6.78. The predicted molar refractivity (Wildman–Crippen MR) is 65.7 cm³/mol. The van der Waals surface area contributed by atoms with Crippen molar-refractivity contribution in [2.75, 3.05) is 0 Å². The second-order valence-electron chi connectivity index (χ2n) is 2.99. The van der Waals surface area contributed by atoms with Crippen LogP contribution in [-0.2, 0) is 0 Å². The summed E-state index contributed by atoms with van der Waals surface area (Å²) in [7, 11) is 0. The van der Waals surface area contributed by atoms with Crippen LogP contribution < -0.4 is 5.73 Å². The fourth-order valence-corrected chi connectivity index (χ4v) is 3.30. The van der Waals surface area contributed by atoms with E-state index >= 15 is 0 Å². The van der Waals surface area contributed by atoms with Gasteiger partial charge in [-0.25, -0.2) is 4.98 Å². The Hall–Kier alpha value is -0.230. The summed E-state index contributed by atoms with van der Waals surface area (Å²) < 4.78 is 1.10. The second-order valence-corrected chi connectivity index (χ2v) is 5.71. The fraction of sp³-hybridized carbons (Fsp3) is 0.222. The first kappa shape index (κ1) is 10.3. The molecular weight excluding hydrogens is 280 g/mol. The third-order valence-corrected chi connectivity index (χ3v) is 4.49. The number of halogens is 1. The molecule has 0 radical (unpaired) electrons. The highest BCUT2D eigenvalue weighted by Gasteiger charge is 2.08. The van der Waals surface area contributed by atoms with Gasteiger partial charge in [0.05, 0.1) is 16.6 Å². The molecule has 0 aromatic carbocycles. The lowest BCUT2D eigenvalue weighted by atomic mass is 10.3. The summed E-state index contributed by atoms with van der Waals surface area (Å²) in [6, 6.07) is 2.10. The zero-order valence-corrected chi connectivity index (χ0v) is 10.7. The third kappa shape index (κ3) is 2.06. The van der Waals surface area contributed by atoms with Crippen LogP contribution in [0.25, 0.3) is 10.6 Å². The minimum atomic E-state index is 0.0251. The lowest BCUT2D eigenvalue weighted by molar-refractivity contribution is 0.808. The number of hydrogen-bond donors (Lipinski definition) is 1. The second kappa shape index (κ2) is 4.10. The number of thiophene rings is 1. The van der Waals surface area contributed by atoms with Crippen molar-refractivity contribution in [2.24, 2.45) is 5.73 Å². The molecule has 1 atom stereocenters. The highest BCUT2D eigenvalue weighted by Crippen LogP contribution is 2.31. The Kier molecular flexibility index (Phi) is 3.02.